The second kappa shape index (κ2) is 8.00. The molecule has 0 aromatic heterocycles. The molecular weight excluding hydrogens is 326 g/mol. The zero-order valence-electron chi connectivity index (χ0n) is 17.5. The molecule has 2 aliphatic carbocycles. The van der Waals surface area contributed by atoms with Crippen molar-refractivity contribution in [2.45, 2.75) is 27.7 Å². The number of hydrogen-bond donors (Lipinski definition) is 0. The van der Waals surface area contributed by atoms with Crippen LogP contribution in [0.3, 0.4) is 0 Å². The van der Waals surface area contributed by atoms with Gasteiger partial charge in [-0.25, -0.2) is 0 Å². The molecule has 0 bridgehead atoms. The summed E-state index contributed by atoms with van der Waals surface area (Å²) in [6, 6.07) is 8.64. The van der Waals surface area contributed by atoms with Crippen LogP contribution in [0.25, 0.3) is 6.08 Å². The maximum Gasteiger partial charge on any atom is 0.0361 e. The number of anilines is 1. The monoisotopic (exact) mass is 357 g/mol. The van der Waals surface area contributed by atoms with Crippen molar-refractivity contribution in [3.8, 4) is 0 Å². The van der Waals surface area contributed by atoms with Crippen LogP contribution in [-0.2, 0) is 0 Å². The van der Waals surface area contributed by atoms with Crippen LogP contribution in [0.4, 0.5) is 5.69 Å². The van der Waals surface area contributed by atoms with E-state index in [9.17, 15) is 0 Å². The Morgan fingerprint density at radius 2 is 1.74 bits per heavy atom. The lowest BCUT2D eigenvalue weighted by Crippen LogP contribution is -2.07. The van der Waals surface area contributed by atoms with E-state index in [-0.39, 0.29) is 0 Å². The van der Waals surface area contributed by atoms with Gasteiger partial charge in [-0.2, -0.15) is 0 Å². The first-order valence-electron chi connectivity index (χ1n) is 9.83. The third-order valence-electron chi connectivity index (χ3n) is 5.42. The van der Waals surface area contributed by atoms with Crippen LogP contribution in [0, 0.1) is 11.8 Å². The minimum atomic E-state index is 0.501. The lowest BCUT2D eigenvalue weighted by atomic mass is 9.91. The van der Waals surface area contributed by atoms with Crippen molar-refractivity contribution in [2.75, 3.05) is 19.0 Å². The normalized spacial score (nSPS) is 21.0. The van der Waals surface area contributed by atoms with Gasteiger partial charge >= 0.3 is 0 Å². The van der Waals surface area contributed by atoms with E-state index < -0.39 is 0 Å². The molecular formula is C26H31N. The fraction of sp³-hybridized carbons (Fsp3) is 0.308. The van der Waals surface area contributed by atoms with Crippen molar-refractivity contribution in [3.05, 3.63) is 94.2 Å². The highest BCUT2D eigenvalue weighted by atomic mass is 15.1. The largest absolute Gasteiger partial charge is 0.378 e. The quantitative estimate of drug-likeness (QED) is 0.577. The lowest BCUT2D eigenvalue weighted by Gasteiger charge is -2.13. The molecule has 1 aromatic carbocycles. The smallest absolute Gasteiger partial charge is 0.0361 e. The standard InChI is InChI=1S/C26H31N/c1-18(2)22-13-10-19(3)26-23(16-20(4)25(26)17-22)9-7-8-21-11-14-24(15-12-21)27(5)6/h7-18,22H,1-6H3/b8-7+,23-9+. The summed E-state index contributed by atoms with van der Waals surface area (Å²) in [7, 11) is 4.13. The Kier molecular flexibility index (Phi) is 5.70. The Hall–Kier alpha value is -2.54. The van der Waals surface area contributed by atoms with E-state index in [1.54, 1.807) is 0 Å². The van der Waals surface area contributed by atoms with Gasteiger partial charge < -0.3 is 4.90 Å². The molecule has 27 heavy (non-hydrogen) atoms. The summed E-state index contributed by atoms with van der Waals surface area (Å²) in [4.78, 5) is 2.12. The molecule has 2 aliphatic rings. The van der Waals surface area contributed by atoms with Crippen molar-refractivity contribution in [3.63, 3.8) is 0 Å². The van der Waals surface area contributed by atoms with Gasteiger partial charge in [-0.1, -0.05) is 68.5 Å². The number of nitrogens with zero attached hydrogens (tertiary/aromatic N) is 1. The van der Waals surface area contributed by atoms with Gasteiger partial charge in [0.2, 0.25) is 0 Å². The highest BCUT2D eigenvalue weighted by molar-refractivity contribution is 5.71. The molecule has 140 valence electrons. The van der Waals surface area contributed by atoms with Gasteiger partial charge in [0.1, 0.15) is 0 Å². The molecule has 3 rings (SSSR count). The first-order valence-corrected chi connectivity index (χ1v) is 9.83. The first-order chi connectivity index (χ1) is 12.9. The molecule has 1 nitrogen and oxygen atoms in total. The molecule has 0 saturated heterocycles. The van der Waals surface area contributed by atoms with Gasteiger partial charge in [-0.15, -0.1) is 0 Å². The van der Waals surface area contributed by atoms with E-state index in [1.165, 1.54) is 39.1 Å². The van der Waals surface area contributed by atoms with E-state index in [0.717, 1.165) is 0 Å². The van der Waals surface area contributed by atoms with Crippen molar-refractivity contribution < 1.29 is 0 Å². The average molecular weight is 358 g/mol. The number of fused-ring (bicyclic) bond motifs is 1. The molecule has 0 N–H and O–H groups in total. The Morgan fingerprint density at radius 3 is 2.37 bits per heavy atom. The number of benzene rings is 1. The first kappa shape index (κ1) is 19.2. The van der Waals surface area contributed by atoms with Crippen LogP contribution in [0.5, 0.6) is 0 Å². The summed E-state index contributed by atoms with van der Waals surface area (Å²) in [5.74, 6) is 1.12. The van der Waals surface area contributed by atoms with Crippen molar-refractivity contribution in [1.29, 1.82) is 0 Å². The zero-order chi connectivity index (χ0) is 19.6. The van der Waals surface area contributed by atoms with E-state index in [4.69, 9.17) is 0 Å². The Morgan fingerprint density at radius 1 is 1.04 bits per heavy atom. The highest BCUT2D eigenvalue weighted by Crippen LogP contribution is 2.40. The molecule has 0 aliphatic heterocycles. The van der Waals surface area contributed by atoms with Crippen LogP contribution >= 0.6 is 0 Å². The Bertz CT molecular complexity index is 881. The van der Waals surface area contributed by atoms with E-state index in [0.29, 0.717) is 11.8 Å². The zero-order valence-corrected chi connectivity index (χ0v) is 17.5. The van der Waals surface area contributed by atoms with Gasteiger partial charge in [0.15, 0.2) is 0 Å². The topological polar surface area (TPSA) is 3.24 Å². The van der Waals surface area contributed by atoms with Crippen LogP contribution < -0.4 is 4.90 Å². The van der Waals surface area contributed by atoms with Crippen molar-refractivity contribution >= 4 is 11.8 Å². The van der Waals surface area contributed by atoms with Crippen LogP contribution in [0.1, 0.15) is 33.3 Å². The summed E-state index contributed by atoms with van der Waals surface area (Å²) >= 11 is 0. The number of rotatable bonds is 4. The number of allylic oxidation sites excluding steroid dienone is 11. The molecule has 0 fully saturated rings. The fourth-order valence-corrected chi connectivity index (χ4v) is 3.67. The molecule has 1 unspecified atom stereocenters. The van der Waals surface area contributed by atoms with E-state index in [2.05, 4.69) is 113 Å². The summed E-state index contributed by atoms with van der Waals surface area (Å²) in [6.07, 6.45) is 16.0. The predicted molar refractivity (Wildman–Crippen MR) is 120 cm³/mol. The SMILES string of the molecule is CC1=C/C(=C\C=C\c2ccc(N(C)C)cc2)C2=C(C)C=CC(C(C)C)C=C12. The van der Waals surface area contributed by atoms with Gasteiger partial charge in [0.25, 0.3) is 0 Å². The molecule has 1 aromatic rings. The second-order valence-electron chi connectivity index (χ2n) is 8.11. The highest BCUT2D eigenvalue weighted by Gasteiger charge is 2.23. The third-order valence-corrected chi connectivity index (χ3v) is 5.42. The number of hydrogen-bond acceptors (Lipinski definition) is 1. The molecule has 0 amide bonds. The van der Waals surface area contributed by atoms with Gasteiger partial charge in [0, 0.05) is 19.8 Å². The maximum atomic E-state index is 2.45. The van der Waals surface area contributed by atoms with Crippen LogP contribution in [-0.4, -0.2) is 14.1 Å². The summed E-state index contributed by atoms with van der Waals surface area (Å²) in [6.45, 7) is 9.04. The summed E-state index contributed by atoms with van der Waals surface area (Å²) < 4.78 is 0. The maximum absolute atomic E-state index is 2.45. The second-order valence-corrected chi connectivity index (χ2v) is 8.11. The average Bonchev–Trinajstić information content (AvgIpc) is 2.82. The Labute approximate surface area is 164 Å². The summed E-state index contributed by atoms with van der Waals surface area (Å²) in [5.41, 5.74) is 9.27. The minimum Gasteiger partial charge on any atom is -0.378 e. The molecule has 1 atom stereocenters. The molecule has 0 spiro atoms. The van der Waals surface area contributed by atoms with E-state index in [1.807, 2.05) is 0 Å². The fourth-order valence-electron chi connectivity index (χ4n) is 3.67. The molecule has 1 heteroatoms. The van der Waals surface area contributed by atoms with Crippen molar-refractivity contribution in [1.82, 2.24) is 0 Å². The van der Waals surface area contributed by atoms with E-state index >= 15 is 0 Å². The molecule has 0 radical (unpaired) electrons. The third kappa shape index (κ3) is 4.24. The van der Waals surface area contributed by atoms with Crippen LogP contribution in [0.15, 0.2) is 88.6 Å². The van der Waals surface area contributed by atoms with Gasteiger partial charge in [0.05, 0.1) is 0 Å². The Balaban J connectivity index is 1.87. The van der Waals surface area contributed by atoms with Gasteiger partial charge in [-0.05, 0) is 71.2 Å². The molecule has 0 saturated carbocycles. The van der Waals surface area contributed by atoms with Crippen molar-refractivity contribution in [2.24, 2.45) is 11.8 Å². The summed E-state index contributed by atoms with van der Waals surface area (Å²) in [5, 5.41) is 0. The van der Waals surface area contributed by atoms with Crippen LogP contribution in [0.2, 0.25) is 0 Å². The predicted octanol–water partition coefficient (Wildman–Crippen LogP) is 6.74. The molecule has 0 heterocycles. The van der Waals surface area contributed by atoms with Gasteiger partial charge in [-0.3, -0.25) is 0 Å². The lowest BCUT2D eigenvalue weighted by molar-refractivity contribution is 0.549. The minimum absolute atomic E-state index is 0.501.